The summed E-state index contributed by atoms with van der Waals surface area (Å²) in [4.78, 5) is 18.3. The summed E-state index contributed by atoms with van der Waals surface area (Å²) in [6, 6.07) is 15.8. The number of aromatic nitrogens is 8. The highest BCUT2D eigenvalue weighted by atomic mass is 16.3. The van der Waals surface area contributed by atoms with Gasteiger partial charge in [-0.3, -0.25) is 0 Å². The molecule has 0 atom stereocenters. The van der Waals surface area contributed by atoms with Gasteiger partial charge < -0.3 is 28.5 Å². The third-order valence-electron chi connectivity index (χ3n) is 8.24. The zero-order valence-corrected chi connectivity index (χ0v) is 23.7. The number of aliphatic hydroxyl groups is 2. The Morgan fingerprint density at radius 1 is 0.500 bits per heavy atom. The maximum atomic E-state index is 12.7. The van der Waals surface area contributed by atoms with Crippen molar-refractivity contribution < 1.29 is 10.2 Å². The molecule has 4 aromatic heterocycles. The quantitative estimate of drug-likeness (QED) is 0.302. The van der Waals surface area contributed by atoms with E-state index in [2.05, 4.69) is 26.0 Å². The highest BCUT2D eigenvalue weighted by Gasteiger charge is 2.44. The van der Waals surface area contributed by atoms with E-state index in [0.717, 1.165) is 21.5 Å². The maximum Gasteiger partial charge on any atom is 0.206 e. The van der Waals surface area contributed by atoms with Crippen molar-refractivity contribution in [3.05, 3.63) is 133 Å². The van der Waals surface area contributed by atoms with E-state index in [-0.39, 0.29) is 0 Å². The molecule has 42 heavy (non-hydrogen) atoms. The Labute approximate surface area is 241 Å². The van der Waals surface area contributed by atoms with Crippen LogP contribution < -0.4 is 0 Å². The Bertz CT molecular complexity index is 1870. The van der Waals surface area contributed by atoms with Crippen LogP contribution in [0.3, 0.4) is 0 Å². The zero-order chi connectivity index (χ0) is 29.2. The summed E-state index contributed by atoms with van der Waals surface area (Å²) in [5, 5.41) is 28.8. The van der Waals surface area contributed by atoms with Gasteiger partial charge in [-0.1, -0.05) is 36.4 Å². The van der Waals surface area contributed by atoms with Crippen LogP contribution >= 0.6 is 0 Å². The van der Waals surface area contributed by atoms with Gasteiger partial charge in [0.2, 0.25) is 11.2 Å². The molecule has 10 nitrogen and oxygen atoms in total. The molecule has 0 bridgehead atoms. The summed E-state index contributed by atoms with van der Waals surface area (Å²) in [5.41, 5.74) is -2.10. The second kappa shape index (κ2) is 9.23. The van der Waals surface area contributed by atoms with Gasteiger partial charge in [-0.05, 0) is 33.7 Å². The molecule has 210 valence electrons. The Hall–Kier alpha value is -5.06. The van der Waals surface area contributed by atoms with Gasteiger partial charge >= 0.3 is 0 Å². The first kappa shape index (κ1) is 25.9. The number of hydrogen-bond donors (Lipinski definition) is 2. The molecule has 0 amide bonds. The van der Waals surface area contributed by atoms with Crippen LogP contribution in [0.5, 0.6) is 0 Å². The lowest BCUT2D eigenvalue weighted by Gasteiger charge is -2.30. The van der Waals surface area contributed by atoms with Crippen LogP contribution in [0, 0.1) is 0 Å². The zero-order valence-electron chi connectivity index (χ0n) is 23.7. The summed E-state index contributed by atoms with van der Waals surface area (Å²) in [7, 11) is 7.42. The Morgan fingerprint density at radius 2 is 0.833 bits per heavy atom. The molecule has 7 rings (SSSR count). The standard InChI is InChI=1S/C32H30N8O2/c1-37-15-11-33-27(37)31(41,28-34-12-16-38(28)2)25-9-5-7-21-19-22-8-6-10-26(24(22)20-23(21)25)32(42,29-35-13-17-39(29)3)30-36-14-18-40(30)4/h5-20,41-42H,1-4H3. The van der Waals surface area contributed by atoms with Gasteiger partial charge in [0, 0.05) is 88.9 Å². The number of nitrogens with zero attached hydrogens (tertiary/aromatic N) is 8. The van der Waals surface area contributed by atoms with Crippen molar-refractivity contribution in [2.45, 2.75) is 11.2 Å². The van der Waals surface area contributed by atoms with E-state index in [4.69, 9.17) is 0 Å². The second-order valence-electron chi connectivity index (χ2n) is 10.8. The van der Waals surface area contributed by atoms with Gasteiger partial charge in [0.1, 0.15) is 0 Å². The van der Waals surface area contributed by atoms with E-state index in [1.165, 1.54) is 0 Å². The number of benzene rings is 3. The van der Waals surface area contributed by atoms with E-state index >= 15 is 0 Å². The van der Waals surface area contributed by atoms with Gasteiger partial charge in [-0.25, -0.2) is 19.9 Å². The fourth-order valence-corrected chi connectivity index (χ4v) is 6.22. The van der Waals surface area contributed by atoms with Crippen molar-refractivity contribution in [3.63, 3.8) is 0 Å². The molecule has 0 aliphatic heterocycles. The molecular formula is C32H30N8O2. The fourth-order valence-electron chi connectivity index (χ4n) is 6.22. The summed E-state index contributed by atoms with van der Waals surface area (Å²) >= 11 is 0. The molecule has 7 aromatic rings. The van der Waals surface area contributed by atoms with Crippen LogP contribution in [0.2, 0.25) is 0 Å². The molecule has 0 saturated heterocycles. The van der Waals surface area contributed by atoms with Crippen molar-refractivity contribution >= 4 is 21.5 Å². The molecule has 0 saturated carbocycles. The van der Waals surface area contributed by atoms with Gasteiger partial charge in [0.05, 0.1) is 0 Å². The molecule has 3 aromatic carbocycles. The van der Waals surface area contributed by atoms with Crippen molar-refractivity contribution in [2.75, 3.05) is 0 Å². The molecule has 10 heteroatoms. The topological polar surface area (TPSA) is 112 Å². The van der Waals surface area contributed by atoms with Gasteiger partial charge in [-0.15, -0.1) is 0 Å². The highest BCUT2D eigenvalue weighted by molar-refractivity contribution is 6.02. The number of fused-ring (bicyclic) bond motifs is 2. The molecule has 0 spiro atoms. The second-order valence-corrected chi connectivity index (χ2v) is 10.8. The first-order valence-corrected chi connectivity index (χ1v) is 13.6. The molecule has 4 heterocycles. The number of rotatable bonds is 6. The van der Waals surface area contributed by atoms with Crippen LogP contribution in [0.4, 0.5) is 0 Å². The molecular weight excluding hydrogens is 528 g/mol. The number of hydrogen-bond acceptors (Lipinski definition) is 6. The number of aryl methyl sites for hydroxylation is 4. The first-order valence-electron chi connectivity index (χ1n) is 13.6. The summed E-state index contributed by atoms with van der Waals surface area (Å²) < 4.78 is 7.23. The predicted octanol–water partition coefficient (Wildman–Crippen LogP) is 3.50. The van der Waals surface area contributed by atoms with Gasteiger partial charge in [0.25, 0.3) is 0 Å². The average molecular weight is 559 g/mol. The monoisotopic (exact) mass is 558 g/mol. The number of imidazole rings is 4. The van der Waals surface area contributed by atoms with Crippen molar-refractivity contribution in [2.24, 2.45) is 28.2 Å². The normalized spacial score (nSPS) is 12.5. The molecule has 0 aliphatic rings. The summed E-state index contributed by atoms with van der Waals surface area (Å²) in [5.74, 6) is 1.76. The minimum absolute atomic E-state index is 0.440. The fraction of sp³-hybridized carbons (Fsp3) is 0.188. The predicted molar refractivity (Wildman–Crippen MR) is 158 cm³/mol. The van der Waals surface area contributed by atoms with Gasteiger partial charge in [-0.2, -0.15) is 0 Å². The van der Waals surface area contributed by atoms with E-state index < -0.39 is 11.2 Å². The van der Waals surface area contributed by atoms with Crippen molar-refractivity contribution in [1.29, 1.82) is 0 Å². The largest absolute Gasteiger partial charge is 0.371 e. The summed E-state index contributed by atoms with van der Waals surface area (Å²) in [6.07, 6.45) is 13.9. The first-order chi connectivity index (χ1) is 20.2. The SMILES string of the molecule is Cn1ccnc1C(O)(c1cccc2cc3cccc(C(O)(c4nccn4C)c4nccn4C)c3cc12)c1nccn1C. The van der Waals surface area contributed by atoms with Crippen LogP contribution in [-0.4, -0.2) is 48.4 Å². The van der Waals surface area contributed by atoms with Crippen LogP contribution in [0.15, 0.2) is 98.1 Å². The smallest absolute Gasteiger partial charge is 0.206 e. The molecule has 0 aliphatic carbocycles. The van der Waals surface area contributed by atoms with E-state index in [0.29, 0.717) is 34.4 Å². The lowest BCUT2D eigenvalue weighted by molar-refractivity contribution is 0.101. The molecule has 2 N–H and O–H groups in total. The minimum atomic E-state index is -1.67. The average Bonchev–Trinajstić information content (AvgIpc) is 3.80. The maximum absolute atomic E-state index is 12.7. The third kappa shape index (κ3) is 3.52. The van der Waals surface area contributed by atoms with Gasteiger partial charge in [0.15, 0.2) is 23.3 Å². The van der Waals surface area contributed by atoms with E-state index in [1.807, 2.05) is 95.4 Å². The Kier molecular flexibility index (Phi) is 5.69. The summed E-state index contributed by atoms with van der Waals surface area (Å²) in [6.45, 7) is 0. The minimum Gasteiger partial charge on any atom is -0.371 e. The lowest BCUT2D eigenvalue weighted by atomic mass is 9.83. The third-order valence-corrected chi connectivity index (χ3v) is 8.24. The lowest BCUT2D eigenvalue weighted by Crippen LogP contribution is -2.35. The Morgan fingerprint density at radius 3 is 1.12 bits per heavy atom. The van der Waals surface area contributed by atoms with Crippen molar-refractivity contribution in [3.8, 4) is 0 Å². The molecule has 0 radical (unpaired) electrons. The highest BCUT2D eigenvalue weighted by Crippen LogP contribution is 2.43. The van der Waals surface area contributed by atoms with Crippen LogP contribution in [0.1, 0.15) is 34.4 Å². The van der Waals surface area contributed by atoms with Crippen molar-refractivity contribution in [1.82, 2.24) is 38.2 Å². The molecule has 0 unspecified atom stereocenters. The van der Waals surface area contributed by atoms with Crippen LogP contribution in [0.25, 0.3) is 21.5 Å². The van der Waals surface area contributed by atoms with E-state index in [9.17, 15) is 10.2 Å². The van der Waals surface area contributed by atoms with Crippen LogP contribution in [-0.2, 0) is 39.4 Å². The van der Waals surface area contributed by atoms with E-state index in [1.54, 1.807) is 43.1 Å². The Balaban J connectivity index is 1.58. The molecule has 0 fully saturated rings.